The minimum absolute atomic E-state index is 0.133. The second-order valence-electron chi connectivity index (χ2n) is 2.17. The monoisotopic (exact) mass is 165 g/mol. The molecule has 0 aliphatic carbocycles. The van der Waals surface area contributed by atoms with Gasteiger partial charge in [-0.3, -0.25) is 14.9 Å². The molecule has 0 atom stereocenters. The molecule has 0 spiro atoms. The van der Waals surface area contributed by atoms with E-state index in [0.717, 1.165) is 6.07 Å². The highest BCUT2D eigenvalue weighted by Crippen LogP contribution is 2.11. The van der Waals surface area contributed by atoms with Crippen molar-refractivity contribution < 1.29 is 9.72 Å². The molecule has 0 aliphatic rings. The Balaban J connectivity index is 3.12. The molecule has 0 heterocycles. The van der Waals surface area contributed by atoms with Crippen molar-refractivity contribution in [3.63, 3.8) is 0 Å². The molecule has 0 bridgehead atoms. The van der Waals surface area contributed by atoms with E-state index in [0.29, 0.717) is 0 Å². The number of carbonyl (C=O) groups excluding carboxylic acids is 1. The minimum Gasteiger partial charge on any atom is -0.366 e. The molecule has 2 N–H and O–H groups in total. The SMILES string of the molecule is N[11C](=O)c1cccc([N+](=O)[O-])c1. The van der Waals surface area contributed by atoms with Crippen molar-refractivity contribution in [3.05, 3.63) is 39.9 Å². The number of primary amides is 1. The number of nitrogens with zero attached hydrogens (tertiary/aromatic N) is 1. The van der Waals surface area contributed by atoms with Crippen LogP contribution in [0, 0.1) is 10.1 Å². The van der Waals surface area contributed by atoms with E-state index in [2.05, 4.69) is 0 Å². The molecule has 5 nitrogen and oxygen atoms in total. The molecule has 1 aromatic carbocycles. The minimum atomic E-state index is -0.668. The molecule has 0 aromatic heterocycles. The molecule has 1 rings (SSSR count). The van der Waals surface area contributed by atoms with Crippen LogP contribution in [-0.2, 0) is 0 Å². The summed E-state index contributed by atoms with van der Waals surface area (Å²) >= 11 is 0. The van der Waals surface area contributed by atoms with Crippen LogP contribution in [0.2, 0.25) is 0 Å². The molecule has 62 valence electrons. The number of hydrogen-bond donors (Lipinski definition) is 1. The molecule has 1 aromatic rings. The molecule has 1 amide bonds. The first kappa shape index (κ1) is 8.19. The van der Waals surface area contributed by atoms with Gasteiger partial charge in [0.2, 0.25) is 5.91 Å². The predicted molar refractivity (Wildman–Crippen MR) is 41.6 cm³/mol. The third kappa shape index (κ3) is 1.57. The first-order valence-corrected chi connectivity index (χ1v) is 3.15. The number of nitro groups is 1. The van der Waals surface area contributed by atoms with Gasteiger partial charge in [0.25, 0.3) is 5.69 Å². The number of hydrogen-bond acceptors (Lipinski definition) is 3. The van der Waals surface area contributed by atoms with Crippen molar-refractivity contribution in [1.29, 1.82) is 0 Å². The normalized spacial score (nSPS) is 9.33. The Kier molecular flexibility index (Phi) is 2.05. The van der Waals surface area contributed by atoms with Crippen LogP contribution in [0.1, 0.15) is 10.4 Å². The average Bonchev–Trinajstić information content (AvgIpc) is 2.04. The zero-order valence-electron chi connectivity index (χ0n) is 6.06. The van der Waals surface area contributed by atoms with Gasteiger partial charge in [-0.1, -0.05) is 6.07 Å². The summed E-state index contributed by atoms with van der Waals surface area (Å²) in [5.74, 6) is -0.668. The summed E-state index contributed by atoms with van der Waals surface area (Å²) in [6.45, 7) is 0. The summed E-state index contributed by atoms with van der Waals surface area (Å²) in [6.07, 6.45) is 0. The van der Waals surface area contributed by atoms with Gasteiger partial charge in [-0.05, 0) is 6.07 Å². The topological polar surface area (TPSA) is 86.2 Å². The van der Waals surface area contributed by atoms with Crippen molar-refractivity contribution in [2.45, 2.75) is 0 Å². The number of carbonyl (C=O) groups is 1. The van der Waals surface area contributed by atoms with Crippen molar-refractivity contribution in [2.24, 2.45) is 5.73 Å². The van der Waals surface area contributed by atoms with E-state index in [4.69, 9.17) is 5.73 Å². The molecule has 0 aliphatic heterocycles. The molecular weight excluding hydrogens is 159 g/mol. The quantitative estimate of drug-likeness (QED) is 0.516. The fourth-order valence-electron chi connectivity index (χ4n) is 0.773. The Morgan fingerprint density at radius 2 is 2.17 bits per heavy atom. The van der Waals surface area contributed by atoms with E-state index in [9.17, 15) is 14.9 Å². The lowest BCUT2D eigenvalue weighted by Gasteiger charge is -1.93. The Labute approximate surface area is 68.0 Å². The molecular formula is C7H6N2O3. The maximum Gasteiger partial charge on any atom is 0.270 e. The average molecular weight is 165 g/mol. The summed E-state index contributed by atoms with van der Waals surface area (Å²) in [7, 11) is 0. The van der Waals surface area contributed by atoms with Gasteiger partial charge in [-0.2, -0.15) is 0 Å². The Morgan fingerprint density at radius 3 is 2.67 bits per heavy atom. The van der Waals surface area contributed by atoms with Gasteiger partial charge >= 0.3 is 0 Å². The van der Waals surface area contributed by atoms with Gasteiger partial charge in [0.05, 0.1) is 4.92 Å². The van der Waals surface area contributed by atoms with Crippen LogP contribution >= 0.6 is 0 Å². The second kappa shape index (κ2) is 3.00. The third-order valence-electron chi connectivity index (χ3n) is 1.34. The standard InChI is InChI=1S/C7H6N2O3/c8-7(10)5-2-1-3-6(4-5)9(11)12/h1-4H,(H2,8,10)/i7-1. The van der Waals surface area contributed by atoms with E-state index in [1.807, 2.05) is 0 Å². The van der Waals surface area contributed by atoms with Crippen LogP contribution in [0.3, 0.4) is 0 Å². The first-order chi connectivity index (χ1) is 5.61. The molecule has 5 heteroatoms. The molecule has 0 saturated carbocycles. The highest BCUT2D eigenvalue weighted by atomic mass is 16.6. The summed E-state index contributed by atoms with van der Waals surface area (Å²) in [6, 6.07) is 5.28. The molecule has 12 heavy (non-hydrogen) atoms. The van der Waals surface area contributed by atoms with Crippen molar-refractivity contribution in [1.82, 2.24) is 0 Å². The van der Waals surface area contributed by atoms with Crippen LogP contribution in [0.25, 0.3) is 0 Å². The smallest absolute Gasteiger partial charge is 0.270 e. The zero-order chi connectivity index (χ0) is 9.14. The fraction of sp³-hybridized carbons (Fsp3) is 0. The fourth-order valence-corrected chi connectivity index (χ4v) is 0.773. The third-order valence-corrected chi connectivity index (χ3v) is 1.34. The van der Waals surface area contributed by atoms with E-state index in [-0.39, 0.29) is 11.3 Å². The zero-order valence-corrected chi connectivity index (χ0v) is 6.06. The van der Waals surface area contributed by atoms with Crippen LogP contribution in [-0.4, -0.2) is 10.8 Å². The van der Waals surface area contributed by atoms with E-state index in [1.54, 1.807) is 0 Å². The maximum atomic E-state index is 10.6. The van der Waals surface area contributed by atoms with Crippen LogP contribution in [0.5, 0.6) is 0 Å². The van der Waals surface area contributed by atoms with E-state index in [1.165, 1.54) is 18.2 Å². The van der Waals surface area contributed by atoms with Gasteiger partial charge in [0, 0.05) is 17.7 Å². The number of benzene rings is 1. The number of amides is 1. The van der Waals surface area contributed by atoms with Crippen LogP contribution < -0.4 is 5.73 Å². The summed E-state index contributed by atoms with van der Waals surface area (Å²) in [5.41, 5.74) is 4.93. The molecule has 0 radical (unpaired) electrons. The van der Waals surface area contributed by atoms with Gasteiger partial charge < -0.3 is 5.73 Å². The molecule has 0 fully saturated rings. The lowest BCUT2D eigenvalue weighted by molar-refractivity contribution is -0.384. The van der Waals surface area contributed by atoms with Crippen molar-refractivity contribution in [2.75, 3.05) is 0 Å². The highest BCUT2D eigenvalue weighted by Gasteiger charge is 2.07. The van der Waals surface area contributed by atoms with Crippen LogP contribution in [0.15, 0.2) is 24.3 Å². The lowest BCUT2D eigenvalue weighted by atomic mass is 9.90. The van der Waals surface area contributed by atoms with Gasteiger partial charge in [0.1, 0.15) is 0 Å². The summed E-state index contributed by atoms with van der Waals surface area (Å²) in [4.78, 5) is 20.2. The highest BCUT2D eigenvalue weighted by molar-refractivity contribution is 5.93. The number of rotatable bonds is 2. The number of nitro benzene ring substituents is 1. The summed E-state index contributed by atoms with van der Waals surface area (Å²) < 4.78 is 0. The van der Waals surface area contributed by atoms with E-state index < -0.39 is 10.8 Å². The van der Waals surface area contributed by atoms with Gasteiger partial charge in [0.15, 0.2) is 0 Å². The van der Waals surface area contributed by atoms with Crippen molar-refractivity contribution >= 4 is 11.6 Å². The molecule has 0 saturated heterocycles. The molecule has 0 unspecified atom stereocenters. The Bertz CT molecular complexity index is 306. The van der Waals surface area contributed by atoms with Crippen LogP contribution in [0.4, 0.5) is 5.69 Å². The Hall–Kier alpha value is -1.91. The largest absolute Gasteiger partial charge is 0.366 e. The predicted octanol–water partition coefficient (Wildman–Crippen LogP) is 0.694. The maximum absolute atomic E-state index is 10.6. The van der Waals surface area contributed by atoms with Crippen molar-refractivity contribution in [3.8, 4) is 0 Å². The lowest BCUT2D eigenvalue weighted by Crippen LogP contribution is -2.10. The number of non-ortho nitro benzene ring substituents is 1. The summed E-state index contributed by atoms with van der Waals surface area (Å²) in [5, 5.41) is 10.2. The number of nitrogens with two attached hydrogens (primary N) is 1. The second-order valence-corrected chi connectivity index (χ2v) is 2.17. The van der Waals surface area contributed by atoms with E-state index >= 15 is 0 Å². The van der Waals surface area contributed by atoms with Gasteiger partial charge in [-0.15, -0.1) is 0 Å². The first-order valence-electron chi connectivity index (χ1n) is 3.15. The Morgan fingerprint density at radius 1 is 1.50 bits per heavy atom. The van der Waals surface area contributed by atoms with Gasteiger partial charge in [-0.25, -0.2) is 0 Å².